The molecule has 30 heavy (non-hydrogen) atoms. The van der Waals surface area contributed by atoms with Gasteiger partial charge in [0.15, 0.2) is 5.58 Å². The molecule has 1 atom stereocenters. The number of nitrogens with one attached hydrogen (secondary N) is 1. The van der Waals surface area contributed by atoms with E-state index in [1.165, 1.54) is 0 Å². The van der Waals surface area contributed by atoms with Gasteiger partial charge in [0.25, 0.3) is 0 Å². The number of nitriles is 1. The Morgan fingerprint density at radius 3 is 2.67 bits per heavy atom. The summed E-state index contributed by atoms with van der Waals surface area (Å²) in [7, 11) is 0. The molecule has 1 N–H and O–H groups in total. The highest BCUT2D eigenvalue weighted by atomic mass is 16.5. The molecule has 2 aromatic carbocycles. The van der Waals surface area contributed by atoms with Crippen LogP contribution in [-0.2, 0) is 22.5 Å². The molecule has 0 saturated heterocycles. The molecule has 0 aliphatic heterocycles. The van der Waals surface area contributed by atoms with E-state index >= 15 is 0 Å². The van der Waals surface area contributed by atoms with Crippen molar-refractivity contribution in [2.75, 3.05) is 13.2 Å². The van der Waals surface area contributed by atoms with Crippen LogP contribution in [-0.4, -0.2) is 30.2 Å². The summed E-state index contributed by atoms with van der Waals surface area (Å²) in [6, 6.07) is 14.9. The molecule has 1 amide bonds. The van der Waals surface area contributed by atoms with Gasteiger partial charge in [-0.1, -0.05) is 43.7 Å². The third kappa shape index (κ3) is 5.16. The topological polar surface area (TPSA) is 97.3 Å². The number of hydrogen-bond donors (Lipinski definition) is 1. The van der Waals surface area contributed by atoms with Crippen LogP contribution in [0.15, 0.2) is 51.7 Å². The molecule has 1 heterocycles. The van der Waals surface area contributed by atoms with Gasteiger partial charge in [-0.25, -0.2) is 4.79 Å². The number of rotatable bonds is 11. The van der Waals surface area contributed by atoms with Crippen LogP contribution < -0.4 is 11.1 Å². The van der Waals surface area contributed by atoms with Crippen molar-refractivity contribution in [3.8, 4) is 17.2 Å². The van der Waals surface area contributed by atoms with Crippen molar-refractivity contribution >= 4 is 17.5 Å². The van der Waals surface area contributed by atoms with Crippen LogP contribution >= 0.6 is 0 Å². The lowest BCUT2D eigenvalue weighted by molar-refractivity contribution is -0.109. The number of fused-ring (bicyclic) bond motifs is 1. The van der Waals surface area contributed by atoms with Crippen molar-refractivity contribution in [2.24, 2.45) is 0 Å². The number of aromatic nitrogens is 1. The smallest absolute Gasteiger partial charge is 0.408 e. The predicted molar refractivity (Wildman–Crippen MR) is 114 cm³/mol. The molecule has 1 unspecified atom stereocenters. The number of carbonyl (C=O) groups is 1. The second-order valence-corrected chi connectivity index (χ2v) is 7.04. The highest BCUT2D eigenvalue weighted by Crippen LogP contribution is 2.25. The first kappa shape index (κ1) is 21.3. The third-order valence-electron chi connectivity index (χ3n) is 4.92. The fourth-order valence-corrected chi connectivity index (χ4v) is 3.25. The number of unbranched alkanes of at least 4 members (excludes halogenated alkanes) is 1. The lowest BCUT2D eigenvalue weighted by Gasteiger charge is -2.09. The van der Waals surface area contributed by atoms with Gasteiger partial charge in [-0.05, 0) is 35.2 Å². The SMILES string of the molecule is CCCCOCCn1c(=O)oc2ccc(-c3ccc(CC(C#N)NC=O)cc3)cc21. The number of carbonyl (C=O) groups excluding carboxylic acids is 1. The van der Waals surface area contributed by atoms with Crippen molar-refractivity contribution in [1.29, 1.82) is 5.26 Å². The Balaban J connectivity index is 1.77. The van der Waals surface area contributed by atoms with Gasteiger partial charge in [-0.3, -0.25) is 9.36 Å². The number of hydrogen-bond acceptors (Lipinski definition) is 5. The van der Waals surface area contributed by atoms with Gasteiger partial charge < -0.3 is 14.5 Å². The molecular weight excluding hydrogens is 382 g/mol. The first-order valence-corrected chi connectivity index (χ1v) is 10.1. The van der Waals surface area contributed by atoms with Crippen LogP contribution in [0.3, 0.4) is 0 Å². The second-order valence-electron chi connectivity index (χ2n) is 7.04. The number of benzene rings is 2. The van der Waals surface area contributed by atoms with Crippen molar-refractivity contribution < 1.29 is 13.9 Å². The maximum Gasteiger partial charge on any atom is 0.420 e. The summed E-state index contributed by atoms with van der Waals surface area (Å²) in [5.41, 5.74) is 4.17. The molecule has 0 spiro atoms. The predicted octanol–water partition coefficient (Wildman–Crippen LogP) is 3.26. The van der Waals surface area contributed by atoms with Gasteiger partial charge >= 0.3 is 5.76 Å². The molecule has 0 aliphatic rings. The van der Waals surface area contributed by atoms with Gasteiger partial charge in [0.1, 0.15) is 6.04 Å². The maximum atomic E-state index is 12.2. The Morgan fingerprint density at radius 1 is 1.20 bits per heavy atom. The summed E-state index contributed by atoms with van der Waals surface area (Å²) < 4.78 is 12.5. The summed E-state index contributed by atoms with van der Waals surface area (Å²) >= 11 is 0. The van der Waals surface area contributed by atoms with Gasteiger partial charge in [-0.15, -0.1) is 0 Å². The highest BCUT2D eigenvalue weighted by molar-refractivity contribution is 5.80. The molecule has 0 radical (unpaired) electrons. The lowest BCUT2D eigenvalue weighted by atomic mass is 10.0. The van der Waals surface area contributed by atoms with E-state index in [1.807, 2.05) is 36.4 Å². The first-order valence-electron chi connectivity index (χ1n) is 10.1. The summed E-state index contributed by atoms with van der Waals surface area (Å²) in [5.74, 6) is -0.387. The van der Waals surface area contributed by atoms with Gasteiger partial charge in [0.2, 0.25) is 6.41 Å². The van der Waals surface area contributed by atoms with E-state index in [4.69, 9.17) is 14.4 Å². The Kier molecular flexibility index (Phi) is 7.41. The number of oxazole rings is 1. The average Bonchev–Trinajstić information content (AvgIpc) is 3.08. The fraction of sp³-hybridized carbons (Fsp3) is 0.348. The highest BCUT2D eigenvalue weighted by Gasteiger charge is 2.11. The lowest BCUT2D eigenvalue weighted by Crippen LogP contribution is -2.28. The van der Waals surface area contributed by atoms with E-state index < -0.39 is 6.04 Å². The fourth-order valence-electron chi connectivity index (χ4n) is 3.25. The first-order chi connectivity index (χ1) is 14.7. The van der Waals surface area contributed by atoms with Crippen molar-refractivity contribution in [3.63, 3.8) is 0 Å². The molecule has 0 bridgehead atoms. The van der Waals surface area contributed by atoms with E-state index in [1.54, 1.807) is 10.6 Å². The standard InChI is InChI=1S/C23H25N3O4/c1-2-3-11-29-12-10-26-21-14-19(8-9-22(21)30-23(26)28)18-6-4-17(5-7-18)13-20(15-24)25-16-27/h4-9,14,16,20H,2-3,10-13H2,1H3,(H,25,27). The van der Waals surface area contributed by atoms with Gasteiger partial charge in [-0.2, -0.15) is 5.26 Å². The molecule has 7 nitrogen and oxygen atoms in total. The molecule has 1 aromatic heterocycles. The Labute approximate surface area is 174 Å². The average molecular weight is 407 g/mol. The minimum Gasteiger partial charge on any atom is -0.408 e. The second kappa shape index (κ2) is 10.4. The van der Waals surface area contributed by atoms with E-state index in [0.717, 1.165) is 35.0 Å². The number of amides is 1. The normalized spacial score (nSPS) is 11.9. The molecule has 0 fully saturated rings. The largest absolute Gasteiger partial charge is 0.420 e. The summed E-state index contributed by atoms with van der Waals surface area (Å²) in [6.45, 7) is 3.70. The maximum absolute atomic E-state index is 12.2. The van der Waals surface area contributed by atoms with Crippen LogP contribution in [0.2, 0.25) is 0 Å². The zero-order chi connectivity index (χ0) is 21.3. The van der Waals surface area contributed by atoms with E-state index in [9.17, 15) is 9.59 Å². The van der Waals surface area contributed by atoms with Crippen LogP contribution in [0, 0.1) is 11.3 Å². The van der Waals surface area contributed by atoms with E-state index in [0.29, 0.717) is 38.2 Å². The number of nitrogens with zero attached hydrogens (tertiary/aromatic N) is 2. The van der Waals surface area contributed by atoms with E-state index in [-0.39, 0.29) is 5.76 Å². The van der Waals surface area contributed by atoms with Crippen LogP contribution in [0.1, 0.15) is 25.3 Å². The number of ether oxygens (including phenoxy) is 1. The quantitative estimate of drug-likeness (QED) is 0.389. The van der Waals surface area contributed by atoms with Crippen molar-refractivity contribution in [3.05, 3.63) is 58.6 Å². The minimum atomic E-state index is -0.551. The van der Waals surface area contributed by atoms with Gasteiger partial charge in [0, 0.05) is 13.0 Å². The molecule has 156 valence electrons. The molecular formula is C23H25N3O4. The zero-order valence-electron chi connectivity index (χ0n) is 17.0. The molecule has 7 heteroatoms. The van der Waals surface area contributed by atoms with Crippen LogP contribution in [0.4, 0.5) is 0 Å². The van der Waals surface area contributed by atoms with Crippen LogP contribution in [0.5, 0.6) is 0 Å². The zero-order valence-corrected chi connectivity index (χ0v) is 17.0. The Morgan fingerprint density at radius 2 is 1.97 bits per heavy atom. The summed E-state index contributed by atoms with van der Waals surface area (Å²) in [5, 5.41) is 11.6. The van der Waals surface area contributed by atoms with Crippen molar-refractivity contribution in [1.82, 2.24) is 9.88 Å². The van der Waals surface area contributed by atoms with E-state index in [2.05, 4.69) is 18.3 Å². The molecule has 3 rings (SSSR count). The summed E-state index contributed by atoms with van der Waals surface area (Å²) in [6.07, 6.45) is 3.05. The monoisotopic (exact) mass is 407 g/mol. The van der Waals surface area contributed by atoms with Crippen molar-refractivity contribution in [2.45, 2.75) is 38.8 Å². The van der Waals surface area contributed by atoms with Gasteiger partial charge in [0.05, 0.1) is 24.7 Å². The molecule has 0 aliphatic carbocycles. The molecule has 0 saturated carbocycles. The third-order valence-corrected chi connectivity index (χ3v) is 4.92. The van der Waals surface area contributed by atoms with Crippen LogP contribution in [0.25, 0.3) is 22.2 Å². The minimum absolute atomic E-state index is 0.387. The Hall–Kier alpha value is -3.37. The molecule has 3 aromatic rings. The Bertz CT molecular complexity index is 1080. The summed E-state index contributed by atoms with van der Waals surface area (Å²) in [4.78, 5) is 22.8.